The van der Waals surface area contributed by atoms with Crippen molar-refractivity contribution in [3.05, 3.63) is 34.9 Å². The number of fused-ring (bicyclic) bond motifs is 1. The largest absolute Gasteiger partial charge is 0.379 e. The van der Waals surface area contributed by atoms with Crippen molar-refractivity contribution < 1.29 is 4.74 Å². The average molecular weight is 244 g/mol. The van der Waals surface area contributed by atoms with Gasteiger partial charge >= 0.3 is 0 Å². The van der Waals surface area contributed by atoms with Crippen LogP contribution in [0.15, 0.2) is 18.2 Å². The maximum absolute atomic E-state index is 8.88. The predicted molar refractivity (Wildman–Crippen MR) is 71.0 cm³/mol. The molecule has 0 saturated heterocycles. The van der Waals surface area contributed by atoms with Crippen LogP contribution in [0.5, 0.6) is 0 Å². The van der Waals surface area contributed by atoms with Crippen LogP contribution in [0.4, 0.5) is 0 Å². The SMILES string of the molecule is CC(C)OCCCN1Cc2ccc(C#N)cc2C1. The Morgan fingerprint density at radius 1 is 1.33 bits per heavy atom. The van der Waals surface area contributed by atoms with Crippen LogP contribution in [0, 0.1) is 11.3 Å². The zero-order valence-corrected chi connectivity index (χ0v) is 11.1. The average Bonchev–Trinajstić information content (AvgIpc) is 2.75. The van der Waals surface area contributed by atoms with Crippen LogP contribution in [-0.2, 0) is 17.8 Å². The Morgan fingerprint density at radius 3 is 2.83 bits per heavy atom. The summed E-state index contributed by atoms with van der Waals surface area (Å²) in [6.45, 7) is 7.98. The van der Waals surface area contributed by atoms with E-state index in [4.69, 9.17) is 10.00 Å². The first kappa shape index (κ1) is 13.1. The summed E-state index contributed by atoms with van der Waals surface area (Å²) in [6, 6.07) is 8.20. The van der Waals surface area contributed by atoms with Crippen molar-refractivity contribution in [2.24, 2.45) is 0 Å². The predicted octanol–water partition coefficient (Wildman–Crippen LogP) is 2.69. The molecule has 18 heavy (non-hydrogen) atoms. The van der Waals surface area contributed by atoms with E-state index in [-0.39, 0.29) is 0 Å². The molecule has 0 fully saturated rings. The Bertz CT molecular complexity index is 448. The van der Waals surface area contributed by atoms with Gasteiger partial charge in [-0.15, -0.1) is 0 Å². The first-order valence-corrected chi connectivity index (χ1v) is 6.55. The summed E-state index contributed by atoms with van der Waals surface area (Å²) >= 11 is 0. The first-order chi connectivity index (χ1) is 8.69. The summed E-state index contributed by atoms with van der Waals surface area (Å²) in [4.78, 5) is 2.41. The molecule has 3 nitrogen and oxygen atoms in total. The topological polar surface area (TPSA) is 36.3 Å². The quantitative estimate of drug-likeness (QED) is 0.747. The molecule has 3 heteroatoms. The minimum Gasteiger partial charge on any atom is -0.379 e. The van der Waals surface area contributed by atoms with Gasteiger partial charge in [-0.05, 0) is 43.5 Å². The minimum absolute atomic E-state index is 0.318. The summed E-state index contributed by atoms with van der Waals surface area (Å²) in [6.07, 6.45) is 1.39. The monoisotopic (exact) mass is 244 g/mol. The lowest BCUT2D eigenvalue weighted by molar-refractivity contribution is 0.0703. The van der Waals surface area contributed by atoms with Crippen molar-refractivity contribution in [1.29, 1.82) is 5.26 Å². The third kappa shape index (κ3) is 3.32. The van der Waals surface area contributed by atoms with Crippen LogP contribution >= 0.6 is 0 Å². The van der Waals surface area contributed by atoms with Gasteiger partial charge in [0.2, 0.25) is 0 Å². The molecule has 1 aromatic rings. The van der Waals surface area contributed by atoms with Crippen LogP contribution in [0.1, 0.15) is 37.0 Å². The van der Waals surface area contributed by atoms with Gasteiger partial charge in [-0.3, -0.25) is 4.90 Å². The van der Waals surface area contributed by atoms with E-state index in [2.05, 4.69) is 30.9 Å². The van der Waals surface area contributed by atoms with E-state index in [0.29, 0.717) is 6.10 Å². The molecule has 0 aromatic heterocycles. The number of nitrogens with zero attached hydrogens (tertiary/aromatic N) is 2. The summed E-state index contributed by atoms with van der Waals surface area (Å²) in [5, 5.41) is 8.88. The summed E-state index contributed by atoms with van der Waals surface area (Å²) < 4.78 is 5.55. The molecule has 0 bridgehead atoms. The lowest BCUT2D eigenvalue weighted by atomic mass is 10.1. The van der Waals surface area contributed by atoms with Crippen molar-refractivity contribution >= 4 is 0 Å². The van der Waals surface area contributed by atoms with Crippen molar-refractivity contribution in [1.82, 2.24) is 4.90 Å². The van der Waals surface area contributed by atoms with Gasteiger partial charge in [0, 0.05) is 26.2 Å². The number of benzene rings is 1. The van der Waals surface area contributed by atoms with Gasteiger partial charge in [-0.1, -0.05) is 6.07 Å². The molecule has 0 N–H and O–H groups in total. The van der Waals surface area contributed by atoms with E-state index >= 15 is 0 Å². The Kier molecular flexibility index (Phi) is 4.35. The molecule has 96 valence electrons. The van der Waals surface area contributed by atoms with Crippen LogP contribution in [-0.4, -0.2) is 24.2 Å². The highest BCUT2D eigenvalue weighted by molar-refractivity contribution is 5.39. The molecule has 1 heterocycles. The first-order valence-electron chi connectivity index (χ1n) is 6.55. The highest BCUT2D eigenvalue weighted by Crippen LogP contribution is 2.23. The molecule has 2 rings (SSSR count). The second-order valence-corrected chi connectivity index (χ2v) is 5.08. The van der Waals surface area contributed by atoms with Crippen LogP contribution < -0.4 is 0 Å². The lowest BCUT2D eigenvalue weighted by Crippen LogP contribution is -2.19. The fraction of sp³-hybridized carbons (Fsp3) is 0.533. The normalized spacial score (nSPS) is 14.8. The third-order valence-electron chi connectivity index (χ3n) is 3.19. The van der Waals surface area contributed by atoms with Crippen molar-refractivity contribution in [2.75, 3.05) is 13.2 Å². The summed E-state index contributed by atoms with van der Waals surface area (Å²) in [5.41, 5.74) is 3.43. The van der Waals surface area contributed by atoms with Gasteiger partial charge in [0.1, 0.15) is 0 Å². The van der Waals surface area contributed by atoms with Gasteiger partial charge in [0.25, 0.3) is 0 Å². The Balaban J connectivity index is 1.81. The van der Waals surface area contributed by atoms with E-state index in [1.807, 2.05) is 12.1 Å². The molecular formula is C15H20N2O. The Morgan fingerprint density at radius 2 is 2.11 bits per heavy atom. The van der Waals surface area contributed by atoms with Gasteiger partial charge in [-0.2, -0.15) is 5.26 Å². The Labute approximate surface area is 109 Å². The maximum atomic E-state index is 8.88. The summed E-state index contributed by atoms with van der Waals surface area (Å²) in [7, 11) is 0. The van der Waals surface area contributed by atoms with Gasteiger partial charge in [0.05, 0.1) is 17.7 Å². The molecule has 0 spiro atoms. The number of hydrogen-bond acceptors (Lipinski definition) is 3. The van der Waals surface area contributed by atoms with Crippen LogP contribution in [0.2, 0.25) is 0 Å². The van der Waals surface area contributed by atoms with Crippen molar-refractivity contribution in [2.45, 2.75) is 39.5 Å². The molecular weight excluding hydrogens is 224 g/mol. The zero-order chi connectivity index (χ0) is 13.0. The Hall–Kier alpha value is -1.37. The number of ether oxygens (including phenoxy) is 1. The fourth-order valence-electron chi connectivity index (χ4n) is 2.30. The molecule has 0 atom stereocenters. The molecule has 0 aliphatic carbocycles. The van der Waals surface area contributed by atoms with Crippen LogP contribution in [0.3, 0.4) is 0 Å². The third-order valence-corrected chi connectivity index (χ3v) is 3.19. The molecule has 0 saturated carbocycles. The van der Waals surface area contributed by atoms with E-state index < -0.39 is 0 Å². The highest BCUT2D eigenvalue weighted by atomic mass is 16.5. The molecule has 1 aromatic carbocycles. The van der Waals surface area contributed by atoms with Crippen LogP contribution in [0.25, 0.3) is 0 Å². The molecule has 0 radical (unpaired) electrons. The van der Waals surface area contributed by atoms with Gasteiger partial charge in [-0.25, -0.2) is 0 Å². The second kappa shape index (κ2) is 5.99. The maximum Gasteiger partial charge on any atom is 0.0991 e. The lowest BCUT2D eigenvalue weighted by Gasteiger charge is -2.15. The summed E-state index contributed by atoms with van der Waals surface area (Å²) in [5.74, 6) is 0. The molecule has 0 amide bonds. The number of nitriles is 1. The number of rotatable bonds is 5. The minimum atomic E-state index is 0.318. The van der Waals surface area contributed by atoms with E-state index in [0.717, 1.165) is 38.2 Å². The van der Waals surface area contributed by atoms with Gasteiger partial charge in [0.15, 0.2) is 0 Å². The second-order valence-electron chi connectivity index (χ2n) is 5.08. The van der Waals surface area contributed by atoms with Crippen molar-refractivity contribution in [3.63, 3.8) is 0 Å². The highest BCUT2D eigenvalue weighted by Gasteiger charge is 2.18. The van der Waals surface area contributed by atoms with E-state index in [9.17, 15) is 0 Å². The standard InChI is InChI=1S/C15H20N2O/c1-12(2)18-7-3-6-17-10-14-5-4-13(9-16)8-15(14)11-17/h4-5,8,12H,3,6-7,10-11H2,1-2H3. The molecule has 0 unspecified atom stereocenters. The molecule has 1 aliphatic heterocycles. The van der Waals surface area contributed by atoms with Crippen molar-refractivity contribution in [3.8, 4) is 6.07 Å². The van der Waals surface area contributed by atoms with E-state index in [1.54, 1.807) is 0 Å². The smallest absolute Gasteiger partial charge is 0.0991 e. The molecule has 1 aliphatic rings. The fourth-order valence-corrected chi connectivity index (χ4v) is 2.30. The van der Waals surface area contributed by atoms with E-state index in [1.165, 1.54) is 11.1 Å². The zero-order valence-electron chi connectivity index (χ0n) is 11.1. The van der Waals surface area contributed by atoms with Gasteiger partial charge < -0.3 is 4.74 Å². The number of hydrogen-bond donors (Lipinski definition) is 0.